The van der Waals surface area contributed by atoms with E-state index in [0.29, 0.717) is 11.6 Å². The summed E-state index contributed by atoms with van der Waals surface area (Å²) in [6.07, 6.45) is 2.06. The summed E-state index contributed by atoms with van der Waals surface area (Å²) in [5.41, 5.74) is -0.0753. The molecule has 84 valence electrons. The molecule has 1 fully saturated rings. The maximum absolute atomic E-state index is 10.7. The molecule has 1 unspecified atom stereocenters. The van der Waals surface area contributed by atoms with E-state index in [-0.39, 0.29) is 0 Å². The number of nitrogens with zero attached hydrogens (tertiary/aromatic N) is 2. The normalized spacial score (nSPS) is 28.1. The topological polar surface area (TPSA) is 35.8 Å². The highest BCUT2D eigenvalue weighted by atomic mass is 35.5. The van der Waals surface area contributed by atoms with Crippen molar-refractivity contribution in [2.24, 2.45) is 4.99 Å². The van der Waals surface area contributed by atoms with Crippen molar-refractivity contribution in [1.29, 1.82) is 0 Å². The lowest BCUT2D eigenvalue weighted by molar-refractivity contribution is -0.0511. The summed E-state index contributed by atoms with van der Waals surface area (Å²) >= 11 is 5.85. The smallest absolute Gasteiger partial charge is 0.185 e. The number of benzene rings is 1. The largest absolute Gasteiger partial charge is 0.365 e. The van der Waals surface area contributed by atoms with Gasteiger partial charge in [0.15, 0.2) is 5.72 Å². The zero-order valence-electron chi connectivity index (χ0n) is 8.86. The molecule has 1 atom stereocenters. The van der Waals surface area contributed by atoms with Crippen LogP contribution in [0.25, 0.3) is 0 Å². The highest BCUT2D eigenvalue weighted by Gasteiger charge is 2.44. The van der Waals surface area contributed by atoms with Crippen LogP contribution in [0, 0.1) is 0 Å². The van der Waals surface area contributed by atoms with Crippen molar-refractivity contribution in [2.45, 2.75) is 18.6 Å². The molecular weight excluding hydrogens is 224 g/mol. The Morgan fingerprint density at radius 2 is 2.06 bits per heavy atom. The summed E-state index contributed by atoms with van der Waals surface area (Å²) in [6, 6.07) is 7.37. The van der Waals surface area contributed by atoms with Crippen LogP contribution >= 0.6 is 11.6 Å². The lowest BCUT2D eigenvalue weighted by Crippen LogP contribution is -2.44. The van der Waals surface area contributed by atoms with Crippen LogP contribution in [-0.4, -0.2) is 28.9 Å². The fourth-order valence-corrected chi connectivity index (χ4v) is 2.60. The first-order valence-electron chi connectivity index (χ1n) is 5.49. The molecule has 3 rings (SSSR count). The van der Waals surface area contributed by atoms with Crippen LogP contribution in [0.2, 0.25) is 5.02 Å². The van der Waals surface area contributed by atoms with Crippen LogP contribution in [0.3, 0.4) is 0 Å². The summed E-state index contributed by atoms with van der Waals surface area (Å²) in [5, 5.41) is 11.4. The predicted octanol–water partition coefficient (Wildman–Crippen LogP) is 1.99. The molecule has 4 heteroatoms. The van der Waals surface area contributed by atoms with E-state index in [1.165, 1.54) is 0 Å². The Balaban J connectivity index is 1.97. The van der Waals surface area contributed by atoms with E-state index in [9.17, 15) is 5.11 Å². The van der Waals surface area contributed by atoms with E-state index in [4.69, 9.17) is 11.6 Å². The molecule has 1 aromatic carbocycles. The molecule has 0 radical (unpaired) electrons. The molecule has 0 amide bonds. The van der Waals surface area contributed by atoms with Gasteiger partial charge >= 0.3 is 0 Å². The second-order valence-electron chi connectivity index (χ2n) is 4.31. The van der Waals surface area contributed by atoms with Gasteiger partial charge in [0.2, 0.25) is 0 Å². The Bertz CT molecular complexity index is 443. The molecule has 0 aliphatic carbocycles. The first kappa shape index (κ1) is 10.1. The minimum Gasteiger partial charge on any atom is -0.365 e. The molecular formula is C12H13ClN2O. The molecule has 0 bridgehead atoms. The first-order chi connectivity index (χ1) is 7.70. The molecule has 1 N–H and O–H groups in total. The van der Waals surface area contributed by atoms with E-state index >= 15 is 0 Å². The van der Waals surface area contributed by atoms with Crippen LogP contribution in [0.4, 0.5) is 0 Å². The highest BCUT2D eigenvalue weighted by molar-refractivity contribution is 6.30. The van der Waals surface area contributed by atoms with Crippen LogP contribution < -0.4 is 0 Å². The van der Waals surface area contributed by atoms with Gasteiger partial charge in [0.25, 0.3) is 0 Å². The molecule has 16 heavy (non-hydrogen) atoms. The average molecular weight is 237 g/mol. The zero-order chi connectivity index (χ0) is 11.2. The van der Waals surface area contributed by atoms with E-state index in [1.54, 1.807) is 0 Å². The standard InChI is InChI=1S/C12H13ClN2O/c13-10-5-3-9(4-6-10)12(16)8-14-11-2-1-7-15(11)12/h3-6,16H,1-2,7-8H2. The van der Waals surface area contributed by atoms with Crippen LogP contribution in [-0.2, 0) is 5.72 Å². The molecule has 1 saturated heterocycles. The number of rotatable bonds is 1. The van der Waals surface area contributed by atoms with Gasteiger partial charge in [-0.15, -0.1) is 0 Å². The summed E-state index contributed by atoms with van der Waals surface area (Å²) in [6.45, 7) is 1.32. The Hall–Kier alpha value is -1.06. The van der Waals surface area contributed by atoms with Gasteiger partial charge in [0.05, 0.1) is 6.54 Å². The summed E-state index contributed by atoms with van der Waals surface area (Å²) in [4.78, 5) is 6.42. The second kappa shape index (κ2) is 3.47. The Kier molecular flexibility index (Phi) is 2.19. The van der Waals surface area contributed by atoms with Gasteiger partial charge in [-0.3, -0.25) is 4.99 Å². The molecule has 0 saturated carbocycles. The summed E-state index contributed by atoms with van der Waals surface area (Å²) < 4.78 is 0. The molecule has 0 spiro atoms. The van der Waals surface area contributed by atoms with E-state index in [2.05, 4.69) is 4.99 Å². The molecule has 0 aromatic heterocycles. The number of aliphatic hydroxyl groups is 1. The molecule has 2 heterocycles. The second-order valence-corrected chi connectivity index (χ2v) is 4.75. The quantitative estimate of drug-likeness (QED) is 0.810. The SMILES string of the molecule is OC1(c2ccc(Cl)cc2)CN=C2CCCN21. The zero-order valence-corrected chi connectivity index (χ0v) is 9.61. The van der Waals surface area contributed by atoms with Gasteiger partial charge in [-0.2, -0.15) is 0 Å². The van der Waals surface area contributed by atoms with Crippen molar-refractivity contribution in [3.8, 4) is 0 Å². The number of hydrogen-bond acceptors (Lipinski definition) is 3. The lowest BCUT2D eigenvalue weighted by atomic mass is 10.0. The maximum Gasteiger partial charge on any atom is 0.185 e. The van der Waals surface area contributed by atoms with Gasteiger partial charge in [0, 0.05) is 23.6 Å². The summed E-state index contributed by atoms with van der Waals surface area (Å²) in [7, 11) is 0. The Morgan fingerprint density at radius 3 is 2.81 bits per heavy atom. The fourth-order valence-electron chi connectivity index (χ4n) is 2.47. The van der Waals surface area contributed by atoms with Crippen molar-refractivity contribution in [3.05, 3.63) is 34.9 Å². The highest BCUT2D eigenvalue weighted by Crippen LogP contribution is 2.35. The number of fused-ring (bicyclic) bond motifs is 1. The number of aliphatic imine (C=N–C) groups is 1. The van der Waals surface area contributed by atoms with E-state index in [1.807, 2.05) is 29.2 Å². The van der Waals surface area contributed by atoms with E-state index < -0.39 is 5.72 Å². The van der Waals surface area contributed by atoms with Crippen LogP contribution in [0.5, 0.6) is 0 Å². The lowest BCUT2D eigenvalue weighted by Gasteiger charge is -2.32. The van der Waals surface area contributed by atoms with Gasteiger partial charge < -0.3 is 10.0 Å². The molecule has 2 aliphatic heterocycles. The third kappa shape index (κ3) is 1.35. The van der Waals surface area contributed by atoms with Crippen LogP contribution in [0.1, 0.15) is 18.4 Å². The van der Waals surface area contributed by atoms with Crippen molar-refractivity contribution in [1.82, 2.24) is 4.90 Å². The Morgan fingerprint density at radius 1 is 1.31 bits per heavy atom. The maximum atomic E-state index is 10.7. The third-order valence-electron chi connectivity index (χ3n) is 3.33. The third-order valence-corrected chi connectivity index (χ3v) is 3.58. The monoisotopic (exact) mass is 236 g/mol. The minimum absolute atomic E-state index is 0.434. The Labute approximate surface area is 99.4 Å². The van der Waals surface area contributed by atoms with Crippen molar-refractivity contribution >= 4 is 17.4 Å². The van der Waals surface area contributed by atoms with Crippen molar-refractivity contribution in [2.75, 3.05) is 13.1 Å². The van der Waals surface area contributed by atoms with Crippen molar-refractivity contribution < 1.29 is 5.11 Å². The van der Waals surface area contributed by atoms with E-state index in [0.717, 1.165) is 30.8 Å². The van der Waals surface area contributed by atoms with Gasteiger partial charge in [-0.25, -0.2) is 0 Å². The number of amidine groups is 1. The van der Waals surface area contributed by atoms with Gasteiger partial charge in [0.1, 0.15) is 5.84 Å². The number of halogens is 1. The minimum atomic E-state index is -0.948. The van der Waals surface area contributed by atoms with Crippen molar-refractivity contribution in [3.63, 3.8) is 0 Å². The van der Waals surface area contributed by atoms with Gasteiger partial charge in [-0.05, 0) is 18.6 Å². The molecule has 1 aromatic rings. The first-order valence-corrected chi connectivity index (χ1v) is 5.87. The van der Waals surface area contributed by atoms with Crippen LogP contribution in [0.15, 0.2) is 29.3 Å². The molecule has 2 aliphatic rings. The fraction of sp³-hybridized carbons (Fsp3) is 0.417. The average Bonchev–Trinajstić information content (AvgIpc) is 2.85. The van der Waals surface area contributed by atoms with Gasteiger partial charge in [-0.1, -0.05) is 23.7 Å². The molecule has 3 nitrogen and oxygen atoms in total. The predicted molar refractivity (Wildman–Crippen MR) is 63.6 cm³/mol. The summed E-state index contributed by atoms with van der Waals surface area (Å²) in [5.74, 6) is 1.04. The number of hydrogen-bond donors (Lipinski definition) is 1.